The SMILES string of the molecule is CNc1ccc2[nH]c(-c3ccc(SC)cc3)nc2n1. The van der Waals surface area contributed by atoms with Crippen molar-refractivity contribution < 1.29 is 0 Å². The zero-order valence-electron chi connectivity index (χ0n) is 10.8. The topological polar surface area (TPSA) is 53.6 Å². The lowest BCUT2D eigenvalue weighted by molar-refractivity contribution is 1.28. The summed E-state index contributed by atoms with van der Waals surface area (Å²) in [4.78, 5) is 13.5. The van der Waals surface area contributed by atoms with Gasteiger partial charge in [0.2, 0.25) is 0 Å². The number of rotatable bonds is 3. The van der Waals surface area contributed by atoms with Gasteiger partial charge in [0.05, 0.1) is 5.52 Å². The highest BCUT2D eigenvalue weighted by molar-refractivity contribution is 7.98. The predicted octanol–water partition coefficient (Wildman–Crippen LogP) is 3.39. The third kappa shape index (κ3) is 2.29. The van der Waals surface area contributed by atoms with Gasteiger partial charge in [0.25, 0.3) is 0 Å². The molecule has 1 aromatic carbocycles. The van der Waals surface area contributed by atoms with Crippen molar-refractivity contribution in [3.63, 3.8) is 0 Å². The Labute approximate surface area is 115 Å². The molecule has 3 rings (SSSR count). The van der Waals surface area contributed by atoms with Gasteiger partial charge in [-0.3, -0.25) is 0 Å². The lowest BCUT2D eigenvalue weighted by Gasteiger charge is -1.98. The molecule has 0 radical (unpaired) electrons. The Hall–Kier alpha value is -2.01. The fourth-order valence-electron chi connectivity index (χ4n) is 1.92. The molecule has 0 aliphatic carbocycles. The number of H-pyrrole nitrogens is 1. The van der Waals surface area contributed by atoms with Crippen LogP contribution < -0.4 is 5.32 Å². The van der Waals surface area contributed by atoms with Gasteiger partial charge in [-0.25, -0.2) is 9.97 Å². The highest BCUT2D eigenvalue weighted by Gasteiger charge is 2.06. The molecule has 5 heteroatoms. The Morgan fingerprint density at radius 3 is 2.53 bits per heavy atom. The maximum absolute atomic E-state index is 4.53. The van der Waals surface area contributed by atoms with Gasteiger partial charge in [-0.1, -0.05) is 12.1 Å². The normalized spacial score (nSPS) is 10.8. The minimum atomic E-state index is 0.732. The van der Waals surface area contributed by atoms with Gasteiger partial charge in [-0.15, -0.1) is 11.8 Å². The van der Waals surface area contributed by atoms with Gasteiger partial charge in [0.1, 0.15) is 11.6 Å². The molecule has 0 fully saturated rings. The largest absolute Gasteiger partial charge is 0.373 e. The molecule has 3 aromatic rings. The van der Waals surface area contributed by atoms with E-state index in [-0.39, 0.29) is 0 Å². The summed E-state index contributed by atoms with van der Waals surface area (Å²) in [7, 11) is 1.85. The number of hydrogen-bond donors (Lipinski definition) is 2. The van der Waals surface area contributed by atoms with Gasteiger partial charge < -0.3 is 10.3 Å². The van der Waals surface area contributed by atoms with Crippen LogP contribution in [-0.2, 0) is 0 Å². The van der Waals surface area contributed by atoms with E-state index in [0.29, 0.717) is 0 Å². The van der Waals surface area contributed by atoms with Crippen molar-refractivity contribution in [3.8, 4) is 11.4 Å². The van der Waals surface area contributed by atoms with Crippen LogP contribution in [0, 0.1) is 0 Å². The maximum atomic E-state index is 4.53. The lowest BCUT2D eigenvalue weighted by atomic mass is 10.2. The smallest absolute Gasteiger partial charge is 0.180 e. The van der Waals surface area contributed by atoms with E-state index in [1.54, 1.807) is 11.8 Å². The zero-order valence-corrected chi connectivity index (χ0v) is 11.6. The molecule has 2 N–H and O–H groups in total. The van der Waals surface area contributed by atoms with Gasteiger partial charge in [0.15, 0.2) is 5.65 Å². The van der Waals surface area contributed by atoms with Crippen LogP contribution in [0.25, 0.3) is 22.6 Å². The Morgan fingerprint density at radius 1 is 1.05 bits per heavy atom. The first-order valence-corrected chi connectivity index (χ1v) is 7.21. The van der Waals surface area contributed by atoms with E-state index in [0.717, 1.165) is 28.4 Å². The predicted molar refractivity (Wildman–Crippen MR) is 80.7 cm³/mol. The molecular formula is C14H14N4S. The minimum absolute atomic E-state index is 0.732. The number of hydrogen-bond acceptors (Lipinski definition) is 4. The van der Waals surface area contributed by atoms with Crippen molar-refractivity contribution >= 4 is 28.7 Å². The van der Waals surface area contributed by atoms with Crippen LogP contribution in [0.5, 0.6) is 0 Å². The molecule has 0 aliphatic rings. The molecule has 0 amide bonds. The Bertz CT molecular complexity index is 703. The number of imidazole rings is 1. The molecule has 0 bridgehead atoms. The number of thioether (sulfide) groups is 1. The van der Waals surface area contributed by atoms with Crippen molar-refractivity contribution in [1.82, 2.24) is 15.0 Å². The van der Waals surface area contributed by atoms with Crippen LogP contribution in [0.4, 0.5) is 5.82 Å². The average molecular weight is 270 g/mol. The minimum Gasteiger partial charge on any atom is -0.373 e. The summed E-state index contributed by atoms with van der Waals surface area (Å²) in [6.45, 7) is 0. The highest BCUT2D eigenvalue weighted by atomic mass is 32.2. The second-order valence-electron chi connectivity index (χ2n) is 4.13. The summed E-state index contributed by atoms with van der Waals surface area (Å²) in [6.07, 6.45) is 2.07. The Morgan fingerprint density at radius 2 is 1.84 bits per heavy atom. The lowest BCUT2D eigenvalue weighted by Crippen LogP contribution is -1.91. The second kappa shape index (κ2) is 4.93. The molecule has 0 saturated heterocycles. The van der Waals surface area contributed by atoms with Crippen molar-refractivity contribution in [2.24, 2.45) is 0 Å². The number of nitrogens with one attached hydrogen (secondary N) is 2. The molecule has 2 heterocycles. The van der Waals surface area contributed by atoms with E-state index in [4.69, 9.17) is 0 Å². The Kier molecular flexibility index (Phi) is 3.13. The third-order valence-electron chi connectivity index (χ3n) is 2.97. The number of anilines is 1. The molecule has 4 nitrogen and oxygen atoms in total. The van der Waals surface area contributed by atoms with Gasteiger partial charge in [0, 0.05) is 17.5 Å². The van der Waals surface area contributed by atoms with Crippen molar-refractivity contribution in [2.45, 2.75) is 4.90 Å². The summed E-state index contributed by atoms with van der Waals surface area (Å²) < 4.78 is 0. The van der Waals surface area contributed by atoms with Crippen molar-refractivity contribution in [2.75, 3.05) is 18.6 Å². The molecule has 0 unspecified atom stereocenters. The fraction of sp³-hybridized carbons (Fsp3) is 0.143. The van der Waals surface area contributed by atoms with Crippen molar-refractivity contribution in [3.05, 3.63) is 36.4 Å². The van der Waals surface area contributed by atoms with E-state index in [2.05, 4.69) is 50.8 Å². The van der Waals surface area contributed by atoms with E-state index in [9.17, 15) is 0 Å². The summed E-state index contributed by atoms with van der Waals surface area (Å²) in [6, 6.07) is 12.3. The van der Waals surface area contributed by atoms with Crippen LogP contribution in [0.3, 0.4) is 0 Å². The first-order valence-electron chi connectivity index (χ1n) is 5.99. The van der Waals surface area contributed by atoms with Crippen LogP contribution in [-0.4, -0.2) is 28.3 Å². The van der Waals surface area contributed by atoms with E-state index < -0.39 is 0 Å². The number of aromatic amines is 1. The summed E-state index contributed by atoms with van der Waals surface area (Å²) >= 11 is 1.73. The molecule has 96 valence electrons. The highest BCUT2D eigenvalue weighted by Crippen LogP contribution is 2.23. The number of benzene rings is 1. The molecule has 0 saturated carbocycles. The number of pyridine rings is 1. The van der Waals surface area contributed by atoms with Crippen molar-refractivity contribution in [1.29, 1.82) is 0 Å². The first-order chi connectivity index (χ1) is 9.30. The summed E-state index contributed by atoms with van der Waals surface area (Å²) in [5.41, 5.74) is 2.75. The molecule has 0 aliphatic heterocycles. The summed E-state index contributed by atoms with van der Waals surface area (Å²) in [5, 5.41) is 3.02. The Balaban J connectivity index is 2.04. The van der Waals surface area contributed by atoms with Crippen LogP contribution in [0.2, 0.25) is 0 Å². The molecule has 19 heavy (non-hydrogen) atoms. The number of nitrogens with zero attached hydrogens (tertiary/aromatic N) is 2. The standard InChI is InChI=1S/C14H14N4S/c1-15-12-8-7-11-14(17-12)18-13(16-11)9-3-5-10(19-2)6-4-9/h3-8H,1-2H3,(H2,15,16,17,18). The van der Waals surface area contributed by atoms with E-state index in [1.807, 2.05) is 19.2 Å². The first kappa shape index (κ1) is 12.0. The van der Waals surface area contributed by atoms with Gasteiger partial charge in [-0.2, -0.15) is 0 Å². The molecule has 0 atom stereocenters. The average Bonchev–Trinajstić information content (AvgIpc) is 2.90. The van der Waals surface area contributed by atoms with E-state index >= 15 is 0 Å². The number of fused-ring (bicyclic) bond motifs is 1. The molecule has 0 spiro atoms. The van der Waals surface area contributed by atoms with Crippen LogP contribution in [0.15, 0.2) is 41.3 Å². The zero-order chi connectivity index (χ0) is 13.2. The van der Waals surface area contributed by atoms with Crippen LogP contribution in [0.1, 0.15) is 0 Å². The monoisotopic (exact) mass is 270 g/mol. The number of aromatic nitrogens is 3. The second-order valence-corrected chi connectivity index (χ2v) is 5.01. The molecular weight excluding hydrogens is 256 g/mol. The van der Waals surface area contributed by atoms with E-state index in [1.165, 1.54) is 4.90 Å². The maximum Gasteiger partial charge on any atom is 0.180 e. The van der Waals surface area contributed by atoms with Crippen LogP contribution >= 0.6 is 11.8 Å². The van der Waals surface area contributed by atoms with Gasteiger partial charge >= 0.3 is 0 Å². The van der Waals surface area contributed by atoms with Gasteiger partial charge in [-0.05, 0) is 30.5 Å². The molecule has 2 aromatic heterocycles. The summed E-state index contributed by atoms with van der Waals surface area (Å²) in [5.74, 6) is 1.67. The fourth-order valence-corrected chi connectivity index (χ4v) is 2.33. The third-order valence-corrected chi connectivity index (χ3v) is 3.71. The quantitative estimate of drug-likeness (QED) is 0.716.